The van der Waals surface area contributed by atoms with Gasteiger partial charge >= 0.3 is 6.18 Å². The van der Waals surface area contributed by atoms with Crippen LogP contribution in [-0.2, 0) is 17.5 Å². The van der Waals surface area contributed by atoms with E-state index in [0.29, 0.717) is 5.69 Å². The number of para-hydroxylation sites is 1. The summed E-state index contributed by atoms with van der Waals surface area (Å²) in [6.45, 7) is -0.665. The predicted molar refractivity (Wildman–Crippen MR) is 129 cm³/mol. The molecule has 0 unspecified atom stereocenters. The molecule has 182 valence electrons. The number of pyridine rings is 1. The van der Waals surface area contributed by atoms with Gasteiger partial charge in [0.1, 0.15) is 12.1 Å². The topological polar surface area (TPSA) is 88.9 Å². The molecule has 0 spiro atoms. The molecule has 2 aromatic heterocycles. The number of hydrogen-bond acceptors (Lipinski definition) is 4. The summed E-state index contributed by atoms with van der Waals surface area (Å²) in [5.74, 6) is -2.71. The second kappa shape index (κ2) is 10.5. The molecule has 0 atom stereocenters. The molecule has 0 saturated carbocycles. The number of rotatable bonds is 5. The number of halogens is 6. The summed E-state index contributed by atoms with van der Waals surface area (Å²) in [6.07, 6.45) is -1.99. The number of nitrogens with one attached hydrogen (secondary N) is 2. The second-order valence-corrected chi connectivity index (χ2v) is 7.84. The van der Waals surface area contributed by atoms with Crippen molar-refractivity contribution < 1.29 is 22.8 Å². The van der Waals surface area contributed by atoms with Crippen molar-refractivity contribution in [1.82, 2.24) is 14.5 Å². The van der Waals surface area contributed by atoms with Crippen LogP contribution in [-0.4, -0.2) is 26.3 Å². The van der Waals surface area contributed by atoms with Crippen molar-refractivity contribution in [2.75, 3.05) is 10.6 Å². The quantitative estimate of drug-likeness (QED) is 0.319. The summed E-state index contributed by atoms with van der Waals surface area (Å²) in [5.41, 5.74) is 0.193. The third kappa shape index (κ3) is 5.67. The van der Waals surface area contributed by atoms with Crippen molar-refractivity contribution in [1.29, 1.82) is 0 Å². The first-order valence-corrected chi connectivity index (χ1v) is 10.4. The van der Waals surface area contributed by atoms with Crippen LogP contribution in [0.5, 0.6) is 0 Å². The normalized spacial score (nSPS) is 11.1. The van der Waals surface area contributed by atoms with Crippen molar-refractivity contribution in [3.63, 3.8) is 0 Å². The first kappa shape index (κ1) is 26.3. The highest BCUT2D eigenvalue weighted by Gasteiger charge is 2.38. The zero-order valence-corrected chi connectivity index (χ0v) is 19.8. The minimum atomic E-state index is -4.86. The van der Waals surface area contributed by atoms with Crippen LogP contribution >= 0.6 is 35.6 Å². The van der Waals surface area contributed by atoms with E-state index in [1.165, 1.54) is 54.9 Å². The van der Waals surface area contributed by atoms with Crippen LogP contribution in [0.1, 0.15) is 16.2 Å². The molecular formula is C22H15Cl3F3N5O2. The minimum Gasteiger partial charge on any atom is -0.324 e. The van der Waals surface area contributed by atoms with E-state index in [4.69, 9.17) is 23.2 Å². The Kier molecular flexibility index (Phi) is 7.89. The number of hydrogen-bond donors (Lipinski definition) is 2. The molecule has 0 radical (unpaired) electrons. The van der Waals surface area contributed by atoms with Crippen molar-refractivity contribution >= 4 is 69.8 Å². The van der Waals surface area contributed by atoms with Gasteiger partial charge in [-0.3, -0.25) is 14.6 Å². The van der Waals surface area contributed by atoms with E-state index in [0.717, 1.165) is 4.57 Å². The van der Waals surface area contributed by atoms with Gasteiger partial charge in [-0.05, 0) is 36.4 Å². The molecular weight excluding hydrogens is 530 g/mol. The van der Waals surface area contributed by atoms with Gasteiger partial charge in [0.05, 0.1) is 26.8 Å². The number of anilines is 2. The molecule has 13 heteroatoms. The molecule has 4 rings (SSSR count). The van der Waals surface area contributed by atoms with Crippen LogP contribution in [0.25, 0.3) is 11.0 Å². The molecule has 0 aliphatic carbocycles. The van der Waals surface area contributed by atoms with Crippen LogP contribution in [0.15, 0.2) is 60.9 Å². The molecule has 0 fully saturated rings. The third-order valence-electron chi connectivity index (χ3n) is 4.74. The molecule has 2 heterocycles. The number of aromatic nitrogens is 3. The maximum Gasteiger partial charge on any atom is 0.449 e. The van der Waals surface area contributed by atoms with Crippen molar-refractivity contribution in [2.24, 2.45) is 0 Å². The van der Waals surface area contributed by atoms with Crippen molar-refractivity contribution in [3.8, 4) is 0 Å². The molecule has 7 nitrogen and oxygen atoms in total. The fourth-order valence-corrected chi connectivity index (χ4v) is 3.87. The minimum absolute atomic E-state index is 0. The van der Waals surface area contributed by atoms with Gasteiger partial charge in [-0.25, -0.2) is 4.98 Å². The third-order valence-corrected chi connectivity index (χ3v) is 5.37. The van der Waals surface area contributed by atoms with E-state index in [1.54, 1.807) is 6.07 Å². The van der Waals surface area contributed by atoms with E-state index in [1.807, 2.05) is 0 Å². The lowest BCUT2D eigenvalue weighted by molar-refractivity contribution is -0.147. The predicted octanol–water partition coefficient (Wildman–Crippen LogP) is 6.07. The first-order valence-electron chi connectivity index (χ1n) is 9.67. The smallest absolute Gasteiger partial charge is 0.324 e. The van der Waals surface area contributed by atoms with E-state index >= 15 is 0 Å². The average molecular weight is 545 g/mol. The molecule has 2 aromatic carbocycles. The number of amides is 2. The molecule has 4 aromatic rings. The number of alkyl halides is 3. The fourth-order valence-electron chi connectivity index (χ4n) is 3.30. The highest BCUT2D eigenvalue weighted by molar-refractivity contribution is 6.40. The summed E-state index contributed by atoms with van der Waals surface area (Å²) in [6, 6.07) is 11.7. The van der Waals surface area contributed by atoms with E-state index in [9.17, 15) is 22.8 Å². The highest BCUT2D eigenvalue weighted by Crippen LogP contribution is 2.34. The first-order chi connectivity index (χ1) is 16.1. The van der Waals surface area contributed by atoms with Gasteiger partial charge in [0.15, 0.2) is 0 Å². The molecule has 0 aliphatic heterocycles. The lowest BCUT2D eigenvalue weighted by Crippen LogP contribution is -2.23. The Balaban J connectivity index is 0.00000342. The number of benzene rings is 2. The molecule has 2 N–H and O–H groups in total. The standard InChI is InChI=1S/C22H14Cl2F3N5O2.ClH/c23-13-3-1-4-14(24)18(13)20(34)30-15-5-2-6-16-19(15)31-21(22(25,26)27)32(16)11-17(33)29-12-7-9-28-10-8-12;/h1-10H,11H2,(H,30,34)(H,28,29,33);1H. The molecule has 0 bridgehead atoms. The van der Waals surface area contributed by atoms with Gasteiger partial charge in [-0.15, -0.1) is 12.4 Å². The van der Waals surface area contributed by atoms with Crippen LogP contribution < -0.4 is 10.6 Å². The second-order valence-electron chi connectivity index (χ2n) is 7.03. The molecule has 0 aliphatic rings. The van der Waals surface area contributed by atoms with Crippen LogP contribution in [0, 0.1) is 0 Å². The van der Waals surface area contributed by atoms with Crippen molar-refractivity contribution in [2.45, 2.75) is 12.7 Å². The van der Waals surface area contributed by atoms with Gasteiger partial charge < -0.3 is 15.2 Å². The van der Waals surface area contributed by atoms with Crippen LogP contribution in [0.4, 0.5) is 24.5 Å². The Morgan fingerprint density at radius 1 is 0.943 bits per heavy atom. The molecule has 2 amide bonds. The number of carbonyl (C=O) groups excluding carboxylic acids is 2. The van der Waals surface area contributed by atoms with Crippen LogP contribution in [0.3, 0.4) is 0 Å². The molecule has 35 heavy (non-hydrogen) atoms. The van der Waals surface area contributed by atoms with E-state index in [2.05, 4.69) is 20.6 Å². The maximum atomic E-state index is 13.8. The Morgan fingerprint density at radius 3 is 2.20 bits per heavy atom. The molecule has 0 saturated heterocycles. The monoisotopic (exact) mass is 543 g/mol. The van der Waals surface area contributed by atoms with Gasteiger partial charge in [0.25, 0.3) is 5.91 Å². The van der Waals surface area contributed by atoms with Gasteiger partial charge in [0, 0.05) is 18.1 Å². The average Bonchev–Trinajstić information content (AvgIpc) is 3.14. The zero-order chi connectivity index (χ0) is 24.5. The Hall–Kier alpha value is -3.34. The highest BCUT2D eigenvalue weighted by atomic mass is 35.5. The summed E-state index contributed by atoms with van der Waals surface area (Å²) >= 11 is 12.1. The fraction of sp³-hybridized carbons (Fsp3) is 0.0909. The maximum absolute atomic E-state index is 13.8. The number of carbonyl (C=O) groups is 2. The number of imidazole rings is 1. The number of nitrogens with zero attached hydrogens (tertiary/aromatic N) is 3. The van der Waals surface area contributed by atoms with Crippen LogP contribution in [0.2, 0.25) is 10.0 Å². The van der Waals surface area contributed by atoms with Gasteiger partial charge in [0.2, 0.25) is 11.7 Å². The summed E-state index contributed by atoms with van der Waals surface area (Å²) < 4.78 is 42.1. The summed E-state index contributed by atoms with van der Waals surface area (Å²) in [4.78, 5) is 32.8. The van der Waals surface area contributed by atoms with E-state index in [-0.39, 0.29) is 44.7 Å². The summed E-state index contributed by atoms with van der Waals surface area (Å²) in [5, 5.41) is 5.17. The van der Waals surface area contributed by atoms with Gasteiger partial charge in [-0.2, -0.15) is 13.2 Å². The SMILES string of the molecule is Cl.O=C(Cn1c(C(F)(F)F)nc2c(NC(=O)c3c(Cl)cccc3Cl)cccc21)Nc1ccncc1. The largest absolute Gasteiger partial charge is 0.449 e. The Labute approximate surface area is 212 Å². The van der Waals surface area contributed by atoms with Gasteiger partial charge in [-0.1, -0.05) is 35.3 Å². The van der Waals surface area contributed by atoms with E-state index < -0.39 is 30.4 Å². The van der Waals surface area contributed by atoms with Crippen molar-refractivity contribution in [3.05, 3.63) is 82.4 Å². The lowest BCUT2D eigenvalue weighted by Gasteiger charge is -2.12. The zero-order valence-electron chi connectivity index (χ0n) is 17.4. The Morgan fingerprint density at radius 2 is 1.57 bits per heavy atom. The Bertz CT molecular complexity index is 1370. The summed E-state index contributed by atoms with van der Waals surface area (Å²) in [7, 11) is 0. The number of fused-ring (bicyclic) bond motifs is 1. The lowest BCUT2D eigenvalue weighted by atomic mass is 10.2.